The summed E-state index contributed by atoms with van der Waals surface area (Å²) in [5, 5.41) is 0. The van der Waals surface area contributed by atoms with Crippen LogP contribution in [0, 0.1) is 0 Å². The first kappa shape index (κ1) is 19.2. The van der Waals surface area contributed by atoms with Gasteiger partial charge < -0.3 is 9.47 Å². The van der Waals surface area contributed by atoms with Gasteiger partial charge in [-0.2, -0.15) is 0 Å². The molecule has 0 spiro atoms. The van der Waals surface area contributed by atoms with Gasteiger partial charge in [0.25, 0.3) is 0 Å². The quantitative estimate of drug-likeness (QED) is 0.319. The molecule has 1 aromatic carbocycles. The average Bonchev–Trinajstić information content (AvgIpc) is 2.56. The van der Waals surface area contributed by atoms with Crippen LogP contribution in [0.25, 0.3) is 0 Å². The molecule has 128 valence electrons. The Bertz CT molecular complexity index is 442. The highest BCUT2D eigenvalue weighted by atomic mass is 16.6. The fraction of sp³-hybridized carbons (Fsp3) is 0.579. The summed E-state index contributed by atoms with van der Waals surface area (Å²) in [4.78, 5) is 23.1. The molecule has 0 amide bonds. The van der Waals surface area contributed by atoms with Crippen molar-refractivity contribution in [2.24, 2.45) is 0 Å². The highest BCUT2D eigenvalue weighted by molar-refractivity contribution is 5.77. The Labute approximate surface area is 139 Å². The van der Waals surface area contributed by atoms with Crippen LogP contribution in [0.3, 0.4) is 0 Å². The van der Waals surface area contributed by atoms with Gasteiger partial charge in [-0.15, -0.1) is 0 Å². The summed E-state index contributed by atoms with van der Waals surface area (Å²) in [6.45, 7) is 1.88. The molecule has 4 heteroatoms. The summed E-state index contributed by atoms with van der Waals surface area (Å²) in [7, 11) is 0. The van der Waals surface area contributed by atoms with Crippen LogP contribution >= 0.6 is 0 Å². The standard InChI is InChI=1S/C19H28O4/c1-2-3-4-5-6-7-8-12-15-18(20)22-16-19(21)23-17-13-10-9-11-14-17/h9-11,13-14H,2-8,12,15-16H2,1H3. The molecule has 0 heterocycles. The van der Waals surface area contributed by atoms with Crippen molar-refractivity contribution in [3.05, 3.63) is 30.3 Å². The van der Waals surface area contributed by atoms with Crippen LogP contribution in [0.2, 0.25) is 0 Å². The monoisotopic (exact) mass is 320 g/mol. The third-order valence-electron chi connectivity index (χ3n) is 3.56. The molecule has 0 saturated heterocycles. The predicted octanol–water partition coefficient (Wildman–Crippen LogP) is 4.67. The van der Waals surface area contributed by atoms with Crippen molar-refractivity contribution in [2.45, 2.75) is 64.7 Å². The van der Waals surface area contributed by atoms with Gasteiger partial charge in [-0.05, 0) is 18.6 Å². The number of ether oxygens (including phenoxy) is 2. The van der Waals surface area contributed by atoms with E-state index in [0.29, 0.717) is 12.2 Å². The van der Waals surface area contributed by atoms with Crippen molar-refractivity contribution in [1.82, 2.24) is 0 Å². The van der Waals surface area contributed by atoms with Gasteiger partial charge in [-0.1, -0.05) is 70.1 Å². The minimum atomic E-state index is -0.555. The molecule has 0 N–H and O–H groups in total. The molecule has 0 unspecified atom stereocenters. The molecule has 23 heavy (non-hydrogen) atoms. The van der Waals surface area contributed by atoms with Crippen molar-refractivity contribution < 1.29 is 19.1 Å². The van der Waals surface area contributed by atoms with Crippen molar-refractivity contribution in [2.75, 3.05) is 6.61 Å². The van der Waals surface area contributed by atoms with Gasteiger partial charge in [0.1, 0.15) is 5.75 Å². The largest absolute Gasteiger partial charge is 0.454 e. The van der Waals surface area contributed by atoms with E-state index >= 15 is 0 Å². The molecule has 0 atom stereocenters. The van der Waals surface area contributed by atoms with Crippen LogP contribution in [0.15, 0.2) is 30.3 Å². The SMILES string of the molecule is CCCCCCCCCCC(=O)OCC(=O)Oc1ccccc1. The number of hydrogen-bond acceptors (Lipinski definition) is 4. The topological polar surface area (TPSA) is 52.6 Å². The fourth-order valence-electron chi connectivity index (χ4n) is 2.26. The van der Waals surface area contributed by atoms with Crippen molar-refractivity contribution >= 4 is 11.9 Å². The van der Waals surface area contributed by atoms with Crippen LogP contribution < -0.4 is 4.74 Å². The zero-order chi connectivity index (χ0) is 16.8. The van der Waals surface area contributed by atoms with Crippen molar-refractivity contribution in [3.8, 4) is 5.75 Å². The van der Waals surface area contributed by atoms with E-state index in [1.165, 1.54) is 32.1 Å². The number of rotatable bonds is 12. The number of carbonyl (C=O) groups is 2. The third-order valence-corrected chi connectivity index (χ3v) is 3.56. The van der Waals surface area contributed by atoms with Crippen LogP contribution in [0.4, 0.5) is 0 Å². The minimum absolute atomic E-state index is 0.329. The molecule has 0 bridgehead atoms. The van der Waals surface area contributed by atoms with Gasteiger partial charge in [0, 0.05) is 6.42 Å². The Hall–Kier alpha value is -1.84. The maximum atomic E-state index is 11.5. The molecule has 0 fully saturated rings. The normalized spacial score (nSPS) is 10.3. The number of para-hydroxylation sites is 1. The lowest BCUT2D eigenvalue weighted by atomic mass is 10.1. The molecule has 0 saturated carbocycles. The maximum Gasteiger partial charge on any atom is 0.349 e. The first-order chi connectivity index (χ1) is 11.2. The number of hydrogen-bond donors (Lipinski definition) is 0. The molecule has 0 aliphatic carbocycles. The molecule has 0 aliphatic rings. The maximum absolute atomic E-state index is 11.5. The van der Waals surface area contributed by atoms with E-state index < -0.39 is 5.97 Å². The first-order valence-electron chi connectivity index (χ1n) is 8.63. The van der Waals surface area contributed by atoms with Gasteiger partial charge >= 0.3 is 11.9 Å². The average molecular weight is 320 g/mol. The highest BCUT2D eigenvalue weighted by Gasteiger charge is 2.09. The highest BCUT2D eigenvalue weighted by Crippen LogP contribution is 2.10. The van der Waals surface area contributed by atoms with E-state index in [2.05, 4.69) is 6.92 Å². The molecule has 0 aromatic heterocycles. The lowest BCUT2D eigenvalue weighted by Crippen LogP contribution is -2.18. The zero-order valence-electron chi connectivity index (χ0n) is 14.1. The summed E-state index contributed by atoms with van der Waals surface area (Å²) < 4.78 is 9.96. The first-order valence-corrected chi connectivity index (χ1v) is 8.63. The van der Waals surface area contributed by atoms with Gasteiger partial charge in [-0.25, -0.2) is 4.79 Å². The van der Waals surface area contributed by atoms with Crippen LogP contribution in [-0.4, -0.2) is 18.5 Å². The summed E-state index contributed by atoms with van der Waals surface area (Å²) in [6.07, 6.45) is 9.78. The van der Waals surface area contributed by atoms with E-state index in [4.69, 9.17) is 9.47 Å². The van der Waals surface area contributed by atoms with Crippen molar-refractivity contribution in [3.63, 3.8) is 0 Å². The molecule has 1 rings (SSSR count). The summed E-state index contributed by atoms with van der Waals surface area (Å²) in [6, 6.07) is 8.75. The van der Waals surface area contributed by atoms with E-state index in [0.717, 1.165) is 19.3 Å². The van der Waals surface area contributed by atoms with Crippen LogP contribution in [0.5, 0.6) is 5.75 Å². The molecule has 0 aliphatic heterocycles. The fourth-order valence-corrected chi connectivity index (χ4v) is 2.26. The predicted molar refractivity (Wildman–Crippen MR) is 90.3 cm³/mol. The van der Waals surface area contributed by atoms with E-state index in [9.17, 15) is 9.59 Å². The van der Waals surface area contributed by atoms with Gasteiger partial charge in [0.2, 0.25) is 0 Å². The van der Waals surface area contributed by atoms with Crippen molar-refractivity contribution in [1.29, 1.82) is 0 Å². The Morgan fingerprint density at radius 2 is 1.43 bits per heavy atom. The Balaban J connectivity index is 1.98. The van der Waals surface area contributed by atoms with E-state index in [1.54, 1.807) is 24.3 Å². The molecule has 0 radical (unpaired) electrons. The second-order valence-corrected chi connectivity index (χ2v) is 5.67. The smallest absolute Gasteiger partial charge is 0.349 e. The Morgan fingerprint density at radius 3 is 2.09 bits per heavy atom. The summed E-state index contributed by atoms with van der Waals surface area (Å²) in [5.41, 5.74) is 0. The number of benzene rings is 1. The minimum Gasteiger partial charge on any atom is -0.454 e. The number of esters is 2. The molecule has 4 nitrogen and oxygen atoms in total. The second kappa shape index (κ2) is 12.7. The summed E-state index contributed by atoms with van der Waals surface area (Å²) in [5.74, 6) is -0.432. The van der Waals surface area contributed by atoms with Gasteiger partial charge in [0.15, 0.2) is 6.61 Å². The summed E-state index contributed by atoms with van der Waals surface area (Å²) >= 11 is 0. The van der Waals surface area contributed by atoms with E-state index in [-0.39, 0.29) is 12.6 Å². The number of unbranched alkanes of at least 4 members (excludes halogenated alkanes) is 7. The molecular formula is C19H28O4. The lowest BCUT2D eigenvalue weighted by Gasteiger charge is -2.06. The third kappa shape index (κ3) is 10.5. The zero-order valence-corrected chi connectivity index (χ0v) is 14.1. The van der Waals surface area contributed by atoms with Crippen LogP contribution in [-0.2, 0) is 14.3 Å². The molecule has 1 aromatic rings. The lowest BCUT2D eigenvalue weighted by molar-refractivity contribution is -0.153. The Morgan fingerprint density at radius 1 is 0.826 bits per heavy atom. The van der Waals surface area contributed by atoms with Crippen LogP contribution in [0.1, 0.15) is 64.7 Å². The second-order valence-electron chi connectivity index (χ2n) is 5.67. The van der Waals surface area contributed by atoms with Gasteiger partial charge in [-0.3, -0.25) is 4.79 Å². The van der Waals surface area contributed by atoms with Gasteiger partial charge in [0.05, 0.1) is 0 Å². The molecular weight excluding hydrogens is 292 g/mol. The Kier molecular flexibility index (Phi) is 10.6. The van der Waals surface area contributed by atoms with E-state index in [1.807, 2.05) is 6.07 Å². The number of carbonyl (C=O) groups excluding carboxylic acids is 2.